The predicted octanol–water partition coefficient (Wildman–Crippen LogP) is 3.26. The van der Waals surface area contributed by atoms with E-state index in [1.807, 2.05) is 49.4 Å². The number of ketones is 1. The standard InChI is InChI=1S/C15H14O2/c1-12-6-5-9-14(10-12)17-11-15(16)13-7-3-2-4-8-13/h2-10H,11H2,1H3. The van der Waals surface area contributed by atoms with Crippen molar-refractivity contribution in [1.82, 2.24) is 0 Å². The molecule has 2 heteroatoms. The van der Waals surface area contributed by atoms with Gasteiger partial charge in [-0.05, 0) is 24.6 Å². The lowest BCUT2D eigenvalue weighted by molar-refractivity contribution is 0.0921. The fraction of sp³-hybridized carbons (Fsp3) is 0.133. The second-order valence-corrected chi connectivity index (χ2v) is 3.89. The molecule has 0 spiro atoms. The minimum atomic E-state index is -0.00731. The number of carbonyl (C=O) groups is 1. The SMILES string of the molecule is Cc1cccc(OCC(=O)c2ccccc2)c1. The van der Waals surface area contributed by atoms with E-state index in [1.165, 1.54) is 0 Å². The van der Waals surface area contributed by atoms with E-state index in [2.05, 4.69) is 0 Å². The summed E-state index contributed by atoms with van der Waals surface area (Å²) >= 11 is 0. The third-order valence-corrected chi connectivity index (χ3v) is 2.46. The van der Waals surface area contributed by atoms with Crippen LogP contribution >= 0.6 is 0 Å². The van der Waals surface area contributed by atoms with Crippen LogP contribution in [0.1, 0.15) is 15.9 Å². The molecule has 0 aliphatic heterocycles. The smallest absolute Gasteiger partial charge is 0.200 e. The first kappa shape index (κ1) is 11.4. The maximum absolute atomic E-state index is 11.8. The number of Topliss-reactive ketones (excluding diaryl/α,β-unsaturated/α-hetero) is 1. The van der Waals surface area contributed by atoms with Crippen molar-refractivity contribution >= 4 is 5.78 Å². The monoisotopic (exact) mass is 226 g/mol. The lowest BCUT2D eigenvalue weighted by Gasteiger charge is -2.06. The van der Waals surface area contributed by atoms with Crippen molar-refractivity contribution in [3.05, 3.63) is 65.7 Å². The van der Waals surface area contributed by atoms with Crippen molar-refractivity contribution in [2.75, 3.05) is 6.61 Å². The quantitative estimate of drug-likeness (QED) is 0.748. The molecule has 0 radical (unpaired) electrons. The van der Waals surface area contributed by atoms with Crippen molar-refractivity contribution in [1.29, 1.82) is 0 Å². The third kappa shape index (κ3) is 3.18. The molecule has 0 fully saturated rings. The molecule has 0 N–H and O–H groups in total. The van der Waals surface area contributed by atoms with E-state index in [0.29, 0.717) is 5.56 Å². The van der Waals surface area contributed by atoms with Gasteiger partial charge in [0.15, 0.2) is 12.4 Å². The molecule has 2 nitrogen and oxygen atoms in total. The van der Waals surface area contributed by atoms with Crippen LogP contribution in [0, 0.1) is 6.92 Å². The minimum Gasteiger partial charge on any atom is -0.485 e. The Morgan fingerprint density at radius 3 is 2.53 bits per heavy atom. The highest BCUT2D eigenvalue weighted by Crippen LogP contribution is 2.12. The molecule has 0 amide bonds. The normalized spacial score (nSPS) is 9.94. The van der Waals surface area contributed by atoms with Gasteiger partial charge in [-0.25, -0.2) is 0 Å². The lowest BCUT2D eigenvalue weighted by Crippen LogP contribution is -2.11. The van der Waals surface area contributed by atoms with Crippen LogP contribution in [0.5, 0.6) is 5.75 Å². The van der Waals surface area contributed by atoms with Gasteiger partial charge in [0.1, 0.15) is 5.75 Å². The number of rotatable bonds is 4. The van der Waals surface area contributed by atoms with E-state index in [-0.39, 0.29) is 12.4 Å². The third-order valence-electron chi connectivity index (χ3n) is 2.46. The molecule has 0 bridgehead atoms. The van der Waals surface area contributed by atoms with Crippen molar-refractivity contribution in [2.24, 2.45) is 0 Å². The molecule has 17 heavy (non-hydrogen) atoms. The summed E-state index contributed by atoms with van der Waals surface area (Å²) in [6, 6.07) is 16.8. The van der Waals surface area contributed by atoms with E-state index in [9.17, 15) is 4.79 Å². The van der Waals surface area contributed by atoms with Crippen molar-refractivity contribution in [3.8, 4) is 5.75 Å². The van der Waals surface area contributed by atoms with Crippen LogP contribution < -0.4 is 4.74 Å². The molecule has 0 heterocycles. The highest BCUT2D eigenvalue weighted by molar-refractivity contribution is 5.97. The van der Waals surface area contributed by atoms with Gasteiger partial charge in [-0.2, -0.15) is 0 Å². The lowest BCUT2D eigenvalue weighted by atomic mass is 10.1. The molecule has 2 aromatic carbocycles. The molecular formula is C15H14O2. The van der Waals surface area contributed by atoms with E-state index >= 15 is 0 Å². The molecule has 0 atom stereocenters. The fourth-order valence-electron chi connectivity index (χ4n) is 1.56. The second kappa shape index (κ2) is 5.30. The van der Waals surface area contributed by atoms with Gasteiger partial charge >= 0.3 is 0 Å². The first-order valence-electron chi connectivity index (χ1n) is 5.53. The number of benzene rings is 2. The number of ether oxygens (including phenoxy) is 1. The van der Waals surface area contributed by atoms with Crippen LogP contribution in [0.15, 0.2) is 54.6 Å². The van der Waals surface area contributed by atoms with E-state index < -0.39 is 0 Å². The van der Waals surface area contributed by atoms with Crippen molar-refractivity contribution < 1.29 is 9.53 Å². The zero-order chi connectivity index (χ0) is 12.1. The largest absolute Gasteiger partial charge is 0.485 e. The number of carbonyl (C=O) groups excluding carboxylic acids is 1. The van der Waals surface area contributed by atoms with Gasteiger partial charge in [-0.15, -0.1) is 0 Å². The molecule has 2 rings (SSSR count). The maximum Gasteiger partial charge on any atom is 0.200 e. The Hall–Kier alpha value is -2.09. The molecule has 0 unspecified atom stereocenters. The Morgan fingerprint density at radius 2 is 1.82 bits per heavy atom. The molecule has 2 aromatic rings. The fourth-order valence-corrected chi connectivity index (χ4v) is 1.56. The van der Waals surface area contributed by atoms with Crippen LogP contribution in [-0.4, -0.2) is 12.4 Å². The molecule has 0 saturated carbocycles. The average Bonchev–Trinajstić information content (AvgIpc) is 2.37. The molecule has 0 aromatic heterocycles. The maximum atomic E-state index is 11.8. The van der Waals surface area contributed by atoms with Gasteiger partial charge in [0.05, 0.1) is 0 Å². The van der Waals surface area contributed by atoms with Gasteiger partial charge in [0.2, 0.25) is 0 Å². The molecule has 0 aliphatic rings. The summed E-state index contributed by atoms with van der Waals surface area (Å²) < 4.78 is 5.45. The van der Waals surface area contributed by atoms with Crippen LogP contribution in [-0.2, 0) is 0 Å². The summed E-state index contributed by atoms with van der Waals surface area (Å²) in [7, 11) is 0. The van der Waals surface area contributed by atoms with Crippen LogP contribution in [0.4, 0.5) is 0 Å². The number of aryl methyl sites for hydroxylation is 1. The first-order valence-corrected chi connectivity index (χ1v) is 5.53. The van der Waals surface area contributed by atoms with Gasteiger partial charge in [0.25, 0.3) is 0 Å². The summed E-state index contributed by atoms with van der Waals surface area (Å²) in [6.07, 6.45) is 0. The summed E-state index contributed by atoms with van der Waals surface area (Å²) in [5.41, 5.74) is 1.80. The Morgan fingerprint density at radius 1 is 1.06 bits per heavy atom. The molecule has 0 saturated heterocycles. The molecule has 0 aliphatic carbocycles. The van der Waals surface area contributed by atoms with Gasteiger partial charge in [-0.1, -0.05) is 42.5 Å². The summed E-state index contributed by atoms with van der Waals surface area (Å²) in [5, 5.41) is 0. The topological polar surface area (TPSA) is 26.3 Å². The van der Waals surface area contributed by atoms with E-state index in [0.717, 1.165) is 11.3 Å². The molecular weight excluding hydrogens is 212 g/mol. The number of hydrogen-bond donors (Lipinski definition) is 0. The summed E-state index contributed by atoms with van der Waals surface area (Å²) in [6.45, 7) is 2.07. The Balaban J connectivity index is 1.97. The predicted molar refractivity (Wildman–Crippen MR) is 67.4 cm³/mol. The van der Waals surface area contributed by atoms with Crippen LogP contribution in [0.25, 0.3) is 0 Å². The highest BCUT2D eigenvalue weighted by atomic mass is 16.5. The Labute approximate surface area is 101 Å². The van der Waals surface area contributed by atoms with Gasteiger partial charge < -0.3 is 4.74 Å². The van der Waals surface area contributed by atoms with Gasteiger partial charge in [0, 0.05) is 5.56 Å². The summed E-state index contributed by atoms with van der Waals surface area (Å²) in [4.78, 5) is 11.8. The highest BCUT2D eigenvalue weighted by Gasteiger charge is 2.05. The Kier molecular flexibility index (Phi) is 3.55. The van der Waals surface area contributed by atoms with Crippen LogP contribution in [0.3, 0.4) is 0 Å². The van der Waals surface area contributed by atoms with Gasteiger partial charge in [-0.3, -0.25) is 4.79 Å². The van der Waals surface area contributed by atoms with E-state index in [4.69, 9.17) is 4.74 Å². The molecule has 86 valence electrons. The van der Waals surface area contributed by atoms with Crippen LogP contribution in [0.2, 0.25) is 0 Å². The zero-order valence-electron chi connectivity index (χ0n) is 9.72. The first-order chi connectivity index (χ1) is 8.25. The summed E-state index contributed by atoms with van der Waals surface area (Å²) in [5.74, 6) is 0.724. The van der Waals surface area contributed by atoms with Crippen molar-refractivity contribution in [3.63, 3.8) is 0 Å². The Bertz CT molecular complexity index is 503. The number of hydrogen-bond acceptors (Lipinski definition) is 2. The second-order valence-electron chi connectivity index (χ2n) is 3.89. The zero-order valence-corrected chi connectivity index (χ0v) is 9.72. The average molecular weight is 226 g/mol. The van der Waals surface area contributed by atoms with Crippen molar-refractivity contribution in [2.45, 2.75) is 6.92 Å². The minimum absolute atomic E-state index is 0.00731. The van der Waals surface area contributed by atoms with E-state index in [1.54, 1.807) is 12.1 Å².